The minimum atomic E-state index is -0.0112. The molecule has 0 radical (unpaired) electrons. The molecule has 2 aromatic carbocycles. The molecule has 0 aliphatic carbocycles. The Morgan fingerprint density at radius 3 is 2.55 bits per heavy atom. The van der Waals surface area contributed by atoms with Crippen LogP contribution in [0, 0.1) is 0 Å². The monoisotopic (exact) mass is 265 g/mol. The fourth-order valence-corrected chi connectivity index (χ4v) is 2.35. The molecule has 2 aromatic rings. The van der Waals surface area contributed by atoms with Gasteiger partial charge in [-0.25, -0.2) is 0 Å². The molecule has 3 rings (SSSR count). The van der Waals surface area contributed by atoms with Crippen molar-refractivity contribution in [1.29, 1.82) is 0 Å². The number of hydrogen-bond acceptors (Lipinski definition) is 2. The highest BCUT2D eigenvalue weighted by Gasteiger charge is 2.25. The number of hydrogen-bond donors (Lipinski definition) is 0. The third kappa shape index (κ3) is 2.30. The molecule has 1 heterocycles. The van der Waals surface area contributed by atoms with E-state index in [1.54, 1.807) is 11.8 Å². The molecular weight excluding hydrogens is 250 g/mol. The minimum Gasteiger partial charge on any atom is -0.485 e. The first-order valence-electron chi connectivity index (χ1n) is 6.54. The van der Waals surface area contributed by atoms with Gasteiger partial charge in [-0.05, 0) is 23.8 Å². The lowest BCUT2D eigenvalue weighted by Crippen LogP contribution is -2.34. The van der Waals surface area contributed by atoms with E-state index >= 15 is 0 Å². The topological polar surface area (TPSA) is 29.5 Å². The first kappa shape index (κ1) is 12.5. The molecule has 0 aromatic heterocycles. The van der Waals surface area contributed by atoms with Crippen LogP contribution in [0.4, 0.5) is 5.69 Å². The Hall–Kier alpha value is -2.55. The molecule has 1 aliphatic rings. The number of ether oxygens (including phenoxy) is 1. The van der Waals surface area contributed by atoms with Crippen molar-refractivity contribution in [3.63, 3.8) is 0 Å². The Kier molecular flexibility index (Phi) is 3.25. The van der Waals surface area contributed by atoms with Crippen molar-refractivity contribution < 1.29 is 9.53 Å². The first-order chi connectivity index (χ1) is 9.75. The number of carbonyl (C=O) groups is 1. The third-order valence-electron chi connectivity index (χ3n) is 3.22. The van der Waals surface area contributed by atoms with Crippen LogP contribution in [0.25, 0.3) is 6.08 Å². The maximum Gasteiger partial charge on any atom is 0.228 e. The Bertz CT molecular complexity index is 662. The summed E-state index contributed by atoms with van der Waals surface area (Å²) in [5.74, 6) is 0.732. The van der Waals surface area contributed by atoms with Gasteiger partial charge in [0.2, 0.25) is 5.91 Å². The number of anilines is 1. The average molecular weight is 265 g/mol. The van der Waals surface area contributed by atoms with Crippen molar-refractivity contribution >= 4 is 17.7 Å². The molecule has 0 fully saturated rings. The van der Waals surface area contributed by atoms with Gasteiger partial charge in [-0.2, -0.15) is 0 Å². The van der Waals surface area contributed by atoms with Crippen LogP contribution in [0.3, 0.4) is 0 Å². The van der Waals surface area contributed by atoms with Crippen molar-refractivity contribution in [2.75, 3.05) is 11.5 Å². The molecule has 0 saturated carbocycles. The standard InChI is InChI=1S/C17H15NO2/c1-13(19)18-15(11-14-7-3-2-4-8-14)12-20-17-10-6-5-9-16(17)18/h2-11H,12H2,1H3/b15-11-. The molecule has 1 aliphatic heterocycles. The van der Waals surface area contributed by atoms with E-state index in [9.17, 15) is 4.79 Å². The molecule has 100 valence electrons. The Morgan fingerprint density at radius 1 is 1.10 bits per heavy atom. The van der Waals surface area contributed by atoms with Crippen LogP contribution in [0.2, 0.25) is 0 Å². The van der Waals surface area contributed by atoms with E-state index in [-0.39, 0.29) is 5.91 Å². The summed E-state index contributed by atoms with van der Waals surface area (Å²) in [6.07, 6.45) is 1.98. The van der Waals surface area contributed by atoms with E-state index in [1.807, 2.05) is 60.7 Å². The van der Waals surface area contributed by atoms with Crippen molar-refractivity contribution in [2.24, 2.45) is 0 Å². The van der Waals surface area contributed by atoms with Gasteiger partial charge in [-0.1, -0.05) is 42.5 Å². The second-order valence-corrected chi connectivity index (χ2v) is 4.66. The summed E-state index contributed by atoms with van der Waals surface area (Å²) >= 11 is 0. The molecule has 20 heavy (non-hydrogen) atoms. The molecule has 0 bridgehead atoms. The highest BCUT2D eigenvalue weighted by Crippen LogP contribution is 2.35. The fraction of sp³-hybridized carbons (Fsp3) is 0.118. The van der Waals surface area contributed by atoms with Gasteiger partial charge in [-0.15, -0.1) is 0 Å². The molecule has 3 nitrogen and oxygen atoms in total. The maximum atomic E-state index is 12.0. The summed E-state index contributed by atoms with van der Waals surface area (Å²) < 4.78 is 5.73. The normalized spacial score (nSPS) is 15.7. The second kappa shape index (κ2) is 5.21. The molecule has 0 spiro atoms. The number of rotatable bonds is 1. The molecule has 1 amide bonds. The lowest BCUT2D eigenvalue weighted by atomic mass is 10.1. The number of carbonyl (C=O) groups excluding carboxylic acids is 1. The zero-order valence-electron chi connectivity index (χ0n) is 11.2. The quantitative estimate of drug-likeness (QED) is 0.790. The van der Waals surface area contributed by atoms with Gasteiger partial charge in [-0.3, -0.25) is 9.69 Å². The molecule has 0 unspecified atom stereocenters. The van der Waals surface area contributed by atoms with Crippen molar-refractivity contribution in [2.45, 2.75) is 6.92 Å². The summed E-state index contributed by atoms with van der Waals surface area (Å²) in [6, 6.07) is 17.5. The van der Waals surface area contributed by atoms with Crippen LogP contribution < -0.4 is 9.64 Å². The summed E-state index contributed by atoms with van der Waals surface area (Å²) in [6.45, 7) is 1.96. The first-order valence-corrected chi connectivity index (χ1v) is 6.54. The van der Waals surface area contributed by atoms with Crippen LogP contribution >= 0.6 is 0 Å². The zero-order valence-corrected chi connectivity index (χ0v) is 11.2. The van der Waals surface area contributed by atoms with Gasteiger partial charge in [0, 0.05) is 6.92 Å². The van der Waals surface area contributed by atoms with Crippen molar-refractivity contribution in [3.05, 3.63) is 65.9 Å². The van der Waals surface area contributed by atoms with E-state index in [0.717, 1.165) is 22.7 Å². The van der Waals surface area contributed by atoms with E-state index in [1.165, 1.54) is 0 Å². The zero-order chi connectivity index (χ0) is 13.9. The van der Waals surface area contributed by atoms with E-state index in [2.05, 4.69) is 0 Å². The van der Waals surface area contributed by atoms with E-state index in [4.69, 9.17) is 4.74 Å². The van der Waals surface area contributed by atoms with Gasteiger partial charge in [0.05, 0.1) is 11.4 Å². The maximum absolute atomic E-state index is 12.0. The van der Waals surface area contributed by atoms with Crippen LogP contribution in [0.5, 0.6) is 5.75 Å². The predicted molar refractivity (Wildman–Crippen MR) is 79.5 cm³/mol. The number of benzene rings is 2. The molecule has 3 heteroatoms. The summed E-state index contributed by atoms with van der Waals surface area (Å²) in [4.78, 5) is 13.7. The van der Waals surface area contributed by atoms with E-state index in [0.29, 0.717) is 6.61 Å². The van der Waals surface area contributed by atoms with Gasteiger partial charge < -0.3 is 4.74 Å². The molecular formula is C17H15NO2. The lowest BCUT2D eigenvalue weighted by Gasteiger charge is -2.31. The van der Waals surface area contributed by atoms with Gasteiger partial charge >= 0.3 is 0 Å². The van der Waals surface area contributed by atoms with Gasteiger partial charge in [0.1, 0.15) is 12.4 Å². The van der Waals surface area contributed by atoms with E-state index < -0.39 is 0 Å². The Labute approximate surface area is 118 Å². The largest absolute Gasteiger partial charge is 0.485 e. The predicted octanol–water partition coefficient (Wildman–Crippen LogP) is 3.47. The second-order valence-electron chi connectivity index (χ2n) is 4.66. The molecule has 0 atom stereocenters. The number of amides is 1. The van der Waals surface area contributed by atoms with Crippen LogP contribution in [-0.4, -0.2) is 12.5 Å². The SMILES string of the molecule is CC(=O)N1/C(=C\c2ccccc2)COc2ccccc21. The van der Waals surface area contributed by atoms with Gasteiger partial charge in [0.25, 0.3) is 0 Å². The highest BCUT2D eigenvalue weighted by molar-refractivity contribution is 5.98. The third-order valence-corrected chi connectivity index (χ3v) is 3.22. The summed E-state index contributed by atoms with van der Waals surface area (Å²) in [7, 11) is 0. The highest BCUT2D eigenvalue weighted by atomic mass is 16.5. The number of para-hydroxylation sites is 2. The minimum absolute atomic E-state index is 0.0112. The number of fused-ring (bicyclic) bond motifs is 1. The lowest BCUT2D eigenvalue weighted by molar-refractivity contribution is -0.116. The Morgan fingerprint density at radius 2 is 1.80 bits per heavy atom. The van der Waals surface area contributed by atoms with Crippen molar-refractivity contribution in [3.8, 4) is 5.75 Å². The Balaban J connectivity index is 2.05. The van der Waals surface area contributed by atoms with Crippen molar-refractivity contribution in [1.82, 2.24) is 0 Å². The van der Waals surface area contributed by atoms with Crippen LogP contribution in [-0.2, 0) is 4.79 Å². The van der Waals surface area contributed by atoms with Crippen LogP contribution in [0.1, 0.15) is 12.5 Å². The average Bonchev–Trinajstić information content (AvgIpc) is 2.47. The number of nitrogens with zero attached hydrogens (tertiary/aromatic N) is 1. The summed E-state index contributed by atoms with van der Waals surface area (Å²) in [5, 5.41) is 0. The molecule has 0 saturated heterocycles. The van der Waals surface area contributed by atoms with Gasteiger partial charge in [0.15, 0.2) is 0 Å². The fourth-order valence-electron chi connectivity index (χ4n) is 2.35. The molecule has 0 N–H and O–H groups in total. The summed E-state index contributed by atoms with van der Waals surface area (Å²) in [5.41, 5.74) is 2.70. The van der Waals surface area contributed by atoms with Crippen LogP contribution in [0.15, 0.2) is 60.3 Å². The smallest absolute Gasteiger partial charge is 0.228 e.